The lowest BCUT2D eigenvalue weighted by molar-refractivity contribution is 0.502. The molecule has 5 aromatic rings. The van der Waals surface area contributed by atoms with Crippen LogP contribution in [0.2, 0.25) is 0 Å². The van der Waals surface area contributed by atoms with Crippen LogP contribution in [0.15, 0.2) is 53.3 Å². The quantitative estimate of drug-likeness (QED) is 0.455. The summed E-state index contributed by atoms with van der Waals surface area (Å²) < 4.78 is 8.11. The number of aryl methyl sites for hydroxylation is 1. The molecule has 6 heterocycles. The number of anilines is 1. The van der Waals surface area contributed by atoms with Crippen molar-refractivity contribution in [2.24, 2.45) is 0 Å². The zero-order valence-corrected chi connectivity index (χ0v) is 18.1. The first-order chi connectivity index (χ1) is 16.2. The second-order valence-electron chi connectivity index (χ2n) is 8.80. The molecule has 33 heavy (non-hydrogen) atoms. The van der Waals surface area contributed by atoms with Crippen LogP contribution >= 0.6 is 0 Å². The molecule has 1 fully saturated rings. The molecule has 1 saturated carbocycles. The Morgan fingerprint density at radius 2 is 2.06 bits per heavy atom. The van der Waals surface area contributed by atoms with Crippen molar-refractivity contribution in [2.75, 3.05) is 11.4 Å². The van der Waals surface area contributed by atoms with Gasteiger partial charge in [0.2, 0.25) is 0 Å². The molecule has 9 nitrogen and oxygen atoms in total. The molecule has 1 aliphatic carbocycles. The van der Waals surface area contributed by atoms with Crippen molar-refractivity contribution in [3.8, 4) is 11.6 Å². The fourth-order valence-electron chi connectivity index (χ4n) is 4.81. The van der Waals surface area contributed by atoms with Gasteiger partial charge in [0.15, 0.2) is 0 Å². The van der Waals surface area contributed by atoms with Crippen molar-refractivity contribution in [3.05, 3.63) is 77.3 Å². The standard InChI is InChI=1S/C24H22N8O/c1-14-4-2-6-18(27-14)23-28-29-24(33-23)31-11-9-17-21(26-13-25-17)22(31)19-12-20-16(15-7-8-15)5-3-10-32(20)30-19/h2-6,10,12-13,15,22H,7-9,11H2,1H3,(H,25,26). The lowest BCUT2D eigenvalue weighted by atomic mass is 10.00. The normalized spacial score (nSPS) is 18.1. The van der Waals surface area contributed by atoms with Crippen LogP contribution in [0.1, 0.15) is 53.1 Å². The molecule has 164 valence electrons. The van der Waals surface area contributed by atoms with E-state index in [2.05, 4.69) is 48.2 Å². The number of pyridine rings is 2. The first-order valence-corrected chi connectivity index (χ1v) is 11.3. The van der Waals surface area contributed by atoms with E-state index in [1.165, 1.54) is 18.4 Å². The van der Waals surface area contributed by atoms with Gasteiger partial charge in [-0.25, -0.2) is 14.5 Å². The van der Waals surface area contributed by atoms with Crippen molar-refractivity contribution in [2.45, 2.75) is 38.1 Å². The maximum atomic E-state index is 6.12. The number of nitrogens with zero attached hydrogens (tertiary/aromatic N) is 7. The highest BCUT2D eigenvalue weighted by molar-refractivity contribution is 5.60. The van der Waals surface area contributed by atoms with E-state index in [4.69, 9.17) is 9.52 Å². The van der Waals surface area contributed by atoms with Gasteiger partial charge in [-0.1, -0.05) is 17.2 Å². The summed E-state index contributed by atoms with van der Waals surface area (Å²) >= 11 is 0. The Morgan fingerprint density at radius 1 is 1.12 bits per heavy atom. The molecule has 1 atom stereocenters. The van der Waals surface area contributed by atoms with Crippen LogP contribution in [0.5, 0.6) is 0 Å². The highest BCUT2D eigenvalue weighted by Gasteiger charge is 2.36. The summed E-state index contributed by atoms with van der Waals surface area (Å²) in [6.07, 6.45) is 7.07. The molecule has 9 heteroatoms. The number of fused-ring (bicyclic) bond motifs is 2. The second kappa shape index (κ2) is 6.99. The van der Waals surface area contributed by atoms with E-state index in [0.717, 1.165) is 34.7 Å². The van der Waals surface area contributed by atoms with Gasteiger partial charge in [0.1, 0.15) is 11.7 Å². The maximum Gasteiger partial charge on any atom is 0.319 e. The van der Waals surface area contributed by atoms with Crippen LogP contribution in [-0.4, -0.2) is 41.3 Å². The Bertz CT molecular complexity index is 1480. The van der Waals surface area contributed by atoms with Gasteiger partial charge in [0.25, 0.3) is 5.89 Å². The summed E-state index contributed by atoms with van der Waals surface area (Å²) in [4.78, 5) is 14.6. The molecule has 5 aromatic heterocycles. The van der Waals surface area contributed by atoms with Gasteiger partial charge in [0, 0.05) is 30.6 Å². The summed E-state index contributed by atoms with van der Waals surface area (Å²) in [6, 6.07) is 12.5. The second-order valence-corrected chi connectivity index (χ2v) is 8.80. The summed E-state index contributed by atoms with van der Waals surface area (Å²) in [5.74, 6) is 1.05. The van der Waals surface area contributed by atoms with Crippen LogP contribution in [0.3, 0.4) is 0 Å². The van der Waals surface area contributed by atoms with E-state index in [-0.39, 0.29) is 6.04 Å². The summed E-state index contributed by atoms with van der Waals surface area (Å²) in [6.45, 7) is 2.66. The van der Waals surface area contributed by atoms with Crippen molar-refractivity contribution in [1.29, 1.82) is 0 Å². The van der Waals surface area contributed by atoms with Crippen molar-refractivity contribution in [1.82, 2.24) is 34.8 Å². The molecule has 0 saturated heterocycles. The molecule has 7 rings (SSSR count). The van der Waals surface area contributed by atoms with Crippen LogP contribution in [0, 0.1) is 6.92 Å². The molecular weight excluding hydrogens is 416 g/mol. The van der Waals surface area contributed by atoms with Gasteiger partial charge in [-0.15, -0.1) is 5.10 Å². The third-order valence-corrected chi connectivity index (χ3v) is 6.54. The fraction of sp³-hybridized carbons (Fsp3) is 0.292. The van der Waals surface area contributed by atoms with E-state index < -0.39 is 0 Å². The number of aromatic amines is 1. The van der Waals surface area contributed by atoms with Crippen LogP contribution < -0.4 is 4.90 Å². The summed E-state index contributed by atoms with van der Waals surface area (Å²) in [7, 11) is 0. The van der Waals surface area contributed by atoms with Gasteiger partial charge in [-0.3, -0.25) is 0 Å². The number of nitrogens with one attached hydrogen (secondary N) is 1. The van der Waals surface area contributed by atoms with Crippen LogP contribution in [0.4, 0.5) is 6.01 Å². The average Bonchev–Trinajstić information content (AvgIpc) is 3.22. The third kappa shape index (κ3) is 3.03. The van der Waals surface area contributed by atoms with Crippen molar-refractivity contribution < 1.29 is 4.42 Å². The minimum Gasteiger partial charge on any atom is -0.402 e. The maximum absolute atomic E-state index is 6.12. The Balaban J connectivity index is 1.33. The number of aromatic nitrogens is 7. The highest BCUT2D eigenvalue weighted by Crippen LogP contribution is 2.43. The number of rotatable bonds is 4. The minimum atomic E-state index is -0.217. The van der Waals surface area contributed by atoms with E-state index in [0.29, 0.717) is 30.1 Å². The molecule has 0 amide bonds. The Morgan fingerprint density at radius 3 is 2.94 bits per heavy atom. The third-order valence-electron chi connectivity index (χ3n) is 6.54. The Kier molecular flexibility index (Phi) is 3.93. The average molecular weight is 438 g/mol. The zero-order chi connectivity index (χ0) is 21.9. The lowest BCUT2D eigenvalue weighted by Crippen LogP contribution is -2.36. The minimum absolute atomic E-state index is 0.217. The fourth-order valence-corrected chi connectivity index (χ4v) is 4.81. The predicted molar refractivity (Wildman–Crippen MR) is 121 cm³/mol. The highest BCUT2D eigenvalue weighted by atomic mass is 16.4. The summed E-state index contributed by atoms with van der Waals surface area (Å²) in [5, 5.41) is 13.6. The number of H-pyrrole nitrogens is 1. The number of imidazole rings is 1. The number of hydrogen-bond donors (Lipinski definition) is 1. The van der Waals surface area contributed by atoms with E-state index in [1.807, 2.05) is 35.8 Å². The lowest BCUT2D eigenvalue weighted by Gasteiger charge is -2.32. The molecule has 1 N–H and O–H groups in total. The molecule has 2 aliphatic rings. The van der Waals surface area contributed by atoms with Crippen molar-refractivity contribution in [3.63, 3.8) is 0 Å². The van der Waals surface area contributed by atoms with Gasteiger partial charge in [-0.2, -0.15) is 5.10 Å². The molecule has 0 aromatic carbocycles. The molecule has 1 unspecified atom stereocenters. The largest absolute Gasteiger partial charge is 0.402 e. The number of hydrogen-bond acceptors (Lipinski definition) is 7. The molecule has 0 radical (unpaired) electrons. The van der Waals surface area contributed by atoms with Gasteiger partial charge < -0.3 is 14.3 Å². The first-order valence-electron chi connectivity index (χ1n) is 11.3. The van der Waals surface area contributed by atoms with Gasteiger partial charge in [-0.05, 0) is 55.5 Å². The van der Waals surface area contributed by atoms with Gasteiger partial charge >= 0.3 is 6.01 Å². The van der Waals surface area contributed by atoms with Crippen LogP contribution in [-0.2, 0) is 6.42 Å². The molecular formula is C24H22N8O. The molecule has 0 bridgehead atoms. The topological polar surface area (TPSA) is 101 Å². The van der Waals surface area contributed by atoms with Gasteiger partial charge in [0.05, 0.1) is 23.2 Å². The van der Waals surface area contributed by atoms with Crippen LogP contribution in [0.25, 0.3) is 17.1 Å². The first kappa shape index (κ1) is 18.6. The molecule has 1 aliphatic heterocycles. The Labute approximate surface area is 189 Å². The SMILES string of the molecule is Cc1cccc(-c2nnc(N3CCc4[nH]cnc4C3c3cc4c(C5CC5)cccn4n3)o2)n1. The summed E-state index contributed by atoms with van der Waals surface area (Å²) in [5.41, 5.74) is 7.09. The monoisotopic (exact) mass is 438 g/mol. The smallest absolute Gasteiger partial charge is 0.319 e. The van der Waals surface area contributed by atoms with Crippen molar-refractivity contribution >= 4 is 11.5 Å². The van der Waals surface area contributed by atoms with E-state index in [1.54, 1.807) is 6.33 Å². The Hall–Kier alpha value is -4.01. The van der Waals surface area contributed by atoms with E-state index >= 15 is 0 Å². The zero-order valence-electron chi connectivity index (χ0n) is 18.1. The molecule has 0 spiro atoms. The predicted octanol–water partition coefficient (Wildman–Crippen LogP) is 3.84. The van der Waals surface area contributed by atoms with E-state index in [9.17, 15) is 0 Å².